The summed E-state index contributed by atoms with van der Waals surface area (Å²) in [7, 11) is 0. The number of hydrogen-bond acceptors (Lipinski definition) is 2. The van der Waals surface area contributed by atoms with Crippen molar-refractivity contribution in [2.24, 2.45) is 0 Å². The lowest BCUT2D eigenvalue weighted by molar-refractivity contribution is 0.660. The van der Waals surface area contributed by atoms with E-state index in [0.717, 1.165) is 38.9 Å². The van der Waals surface area contributed by atoms with E-state index in [9.17, 15) is 0 Å². The van der Waals surface area contributed by atoms with Gasteiger partial charge < -0.3 is 4.57 Å². The molecule has 0 atom stereocenters. The summed E-state index contributed by atoms with van der Waals surface area (Å²) in [6.07, 6.45) is 0. The number of rotatable bonds is 5. The van der Waals surface area contributed by atoms with Crippen LogP contribution in [0.3, 0.4) is 0 Å². The van der Waals surface area contributed by atoms with E-state index in [1.165, 1.54) is 71.6 Å². The van der Waals surface area contributed by atoms with Gasteiger partial charge in [0, 0.05) is 38.1 Å². The molecule has 0 spiro atoms. The van der Waals surface area contributed by atoms with Crippen molar-refractivity contribution in [2.75, 3.05) is 0 Å². The summed E-state index contributed by atoms with van der Waals surface area (Å²) in [5, 5.41) is 5.93. The minimum absolute atomic E-state index is 0.0686. The summed E-state index contributed by atoms with van der Waals surface area (Å²) in [6, 6.07) is 72.5. The van der Waals surface area contributed by atoms with Crippen molar-refractivity contribution in [3.63, 3.8) is 0 Å². The number of nitrogens with zero attached hydrogens (tertiary/aromatic N) is 3. The molecule has 0 radical (unpaired) electrons. The van der Waals surface area contributed by atoms with Crippen LogP contribution < -0.4 is 0 Å². The Morgan fingerprint density at radius 1 is 0.400 bits per heavy atom. The van der Waals surface area contributed by atoms with Crippen molar-refractivity contribution < 1.29 is 0 Å². The van der Waals surface area contributed by atoms with Gasteiger partial charge in [0.05, 0.1) is 27.9 Å². The van der Waals surface area contributed by atoms with Gasteiger partial charge in [0.25, 0.3) is 0 Å². The molecular formula is C57H39N3. The molecule has 0 bridgehead atoms. The predicted octanol–water partition coefficient (Wildman–Crippen LogP) is 14.9. The van der Waals surface area contributed by atoms with Crippen LogP contribution in [0.1, 0.15) is 25.0 Å². The van der Waals surface area contributed by atoms with Crippen LogP contribution in [-0.4, -0.2) is 14.5 Å². The average molecular weight is 766 g/mol. The number of benzene rings is 9. The Labute approximate surface area is 348 Å². The Kier molecular flexibility index (Phi) is 7.58. The van der Waals surface area contributed by atoms with Crippen LogP contribution in [0, 0.1) is 0 Å². The minimum Gasteiger partial charge on any atom is -0.309 e. The van der Waals surface area contributed by atoms with Gasteiger partial charge in [0.15, 0.2) is 5.82 Å². The van der Waals surface area contributed by atoms with Gasteiger partial charge in [-0.3, -0.25) is 0 Å². The van der Waals surface area contributed by atoms with Gasteiger partial charge in [-0.25, -0.2) is 9.97 Å². The fourth-order valence-electron chi connectivity index (χ4n) is 9.89. The molecular weight excluding hydrogens is 727 g/mol. The molecule has 1 aliphatic rings. The molecule has 1 aliphatic carbocycles. The Balaban J connectivity index is 1.06. The molecule has 0 unspecified atom stereocenters. The number of fused-ring (bicyclic) bond motifs is 8. The van der Waals surface area contributed by atoms with Crippen LogP contribution in [0.5, 0.6) is 0 Å². The molecule has 0 N–H and O–H groups in total. The van der Waals surface area contributed by atoms with Gasteiger partial charge in [-0.2, -0.15) is 0 Å². The smallest absolute Gasteiger partial charge is 0.160 e. The zero-order chi connectivity index (χ0) is 40.0. The third-order valence-corrected chi connectivity index (χ3v) is 12.8. The average Bonchev–Trinajstić information content (AvgIpc) is 3.76. The first-order valence-electron chi connectivity index (χ1n) is 20.7. The second-order valence-corrected chi connectivity index (χ2v) is 16.6. The first-order valence-corrected chi connectivity index (χ1v) is 20.7. The van der Waals surface area contributed by atoms with Crippen LogP contribution in [0.15, 0.2) is 200 Å². The summed E-state index contributed by atoms with van der Waals surface area (Å²) in [4.78, 5) is 10.3. The molecule has 9 aromatic carbocycles. The highest BCUT2D eigenvalue weighted by atomic mass is 15.0. The van der Waals surface area contributed by atoms with E-state index in [0.29, 0.717) is 5.82 Å². The van der Waals surface area contributed by atoms with Crippen molar-refractivity contribution in [3.8, 4) is 61.7 Å². The second kappa shape index (κ2) is 13.2. The maximum Gasteiger partial charge on any atom is 0.160 e. The van der Waals surface area contributed by atoms with E-state index in [4.69, 9.17) is 9.97 Å². The first-order chi connectivity index (χ1) is 29.5. The highest BCUT2D eigenvalue weighted by Gasteiger charge is 2.36. The van der Waals surface area contributed by atoms with Gasteiger partial charge in [-0.05, 0) is 92.4 Å². The SMILES string of the molecule is CC1(C)c2ccccc2-c2c(-c3ccc4c(c3)c3cc(-c5cccc(-c6nc(-c7ccccc7)c7ccccc7n6)c5)ccc3n4-c3cccc4ccccc34)cccc21. The quantitative estimate of drug-likeness (QED) is 0.175. The Hall–Kier alpha value is -7.62. The lowest BCUT2D eigenvalue weighted by Gasteiger charge is -2.21. The fourth-order valence-corrected chi connectivity index (χ4v) is 9.89. The van der Waals surface area contributed by atoms with E-state index in [2.05, 4.69) is 206 Å². The zero-order valence-corrected chi connectivity index (χ0v) is 33.4. The monoisotopic (exact) mass is 765 g/mol. The standard InChI is InChI=1S/C57H39N3/c1-57(2)48-25-10-8-22-44(48)54-43(24-14-26-49(54)57)40-30-32-53-47(35-40)46-34-39(29-31-52(46)60(53)51-28-13-18-36-15-6-7-21-42(36)51)38-19-12-20-41(33-38)56-58-50-27-11-9-23-45(50)55(59-56)37-16-4-3-5-17-37/h3-35H,1-2H3. The maximum atomic E-state index is 5.20. The van der Waals surface area contributed by atoms with Gasteiger partial charge in [0.2, 0.25) is 0 Å². The maximum absolute atomic E-state index is 5.20. The Morgan fingerprint density at radius 3 is 1.87 bits per heavy atom. The molecule has 12 rings (SSSR count). The van der Waals surface area contributed by atoms with Crippen LogP contribution in [0.2, 0.25) is 0 Å². The molecule has 0 saturated heterocycles. The molecule has 0 aliphatic heterocycles. The molecule has 60 heavy (non-hydrogen) atoms. The van der Waals surface area contributed by atoms with E-state index in [1.807, 2.05) is 12.1 Å². The van der Waals surface area contributed by atoms with Crippen LogP contribution >= 0.6 is 0 Å². The largest absolute Gasteiger partial charge is 0.309 e. The molecule has 0 amide bonds. The van der Waals surface area contributed by atoms with Crippen LogP contribution in [-0.2, 0) is 5.41 Å². The summed E-state index contributed by atoms with van der Waals surface area (Å²) in [6.45, 7) is 4.71. The van der Waals surface area contributed by atoms with Crippen molar-refractivity contribution in [2.45, 2.75) is 19.3 Å². The number of para-hydroxylation sites is 1. The number of hydrogen-bond donors (Lipinski definition) is 0. The third kappa shape index (κ3) is 5.22. The third-order valence-electron chi connectivity index (χ3n) is 12.8. The minimum atomic E-state index is -0.0686. The first kappa shape index (κ1) is 34.4. The molecule has 11 aromatic rings. The van der Waals surface area contributed by atoms with Crippen molar-refractivity contribution in [1.29, 1.82) is 0 Å². The molecule has 2 aromatic heterocycles. The topological polar surface area (TPSA) is 30.7 Å². The number of aromatic nitrogens is 3. The van der Waals surface area contributed by atoms with Gasteiger partial charge in [-0.15, -0.1) is 0 Å². The Bertz CT molecular complexity index is 3510. The molecule has 2 heterocycles. The van der Waals surface area contributed by atoms with E-state index >= 15 is 0 Å². The molecule has 3 nitrogen and oxygen atoms in total. The van der Waals surface area contributed by atoms with Crippen molar-refractivity contribution in [1.82, 2.24) is 14.5 Å². The van der Waals surface area contributed by atoms with Gasteiger partial charge in [0.1, 0.15) is 0 Å². The fraction of sp³-hybridized carbons (Fsp3) is 0.0526. The van der Waals surface area contributed by atoms with Crippen LogP contribution in [0.25, 0.3) is 105 Å². The van der Waals surface area contributed by atoms with Gasteiger partial charge >= 0.3 is 0 Å². The molecule has 0 saturated carbocycles. The zero-order valence-electron chi connectivity index (χ0n) is 33.4. The Morgan fingerprint density at radius 2 is 1.00 bits per heavy atom. The van der Waals surface area contributed by atoms with Crippen LogP contribution in [0.4, 0.5) is 0 Å². The van der Waals surface area contributed by atoms with E-state index in [-0.39, 0.29) is 5.41 Å². The summed E-state index contributed by atoms with van der Waals surface area (Å²) in [5.74, 6) is 0.716. The highest BCUT2D eigenvalue weighted by Crippen LogP contribution is 2.52. The normalized spacial score (nSPS) is 13.0. The van der Waals surface area contributed by atoms with Gasteiger partial charge in [-0.1, -0.05) is 172 Å². The molecule has 282 valence electrons. The molecule has 3 heteroatoms. The second-order valence-electron chi connectivity index (χ2n) is 16.6. The lowest BCUT2D eigenvalue weighted by atomic mass is 9.82. The van der Waals surface area contributed by atoms with E-state index < -0.39 is 0 Å². The summed E-state index contributed by atoms with van der Waals surface area (Å²) in [5.41, 5.74) is 17.6. The van der Waals surface area contributed by atoms with E-state index in [1.54, 1.807) is 0 Å². The predicted molar refractivity (Wildman–Crippen MR) is 251 cm³/mol. The van der Waals surface area contributed by atoms with Crippen molar-refractivity contribution in [3.05, 3.63) is 211 Å². The van der Waals surface area contributed by atoms with Crippen molar-refractivity contribution >= 4 is 43.5 Å². The highest BCUT2D eigenvalue weighted by molar-refractivity contribution is 6.13. The molecule has 0 fully saturated rings. The lowest BCUT2D eigenvalue weighted by Crippen LogP contribution is -2.14. The summed E-state index contributed by atoms with van der Waals surface area (Å²) < 4.78 is 2.46. The summed E-state index contributed by atoms with van der Waals surface area (Å²) >= 11 is 0.